The van der Waals surface area contributed by atoms with E-state index in [1.165, 1.54) is 29.5 Å². The van der Waals surface area contributed by atoms with Crippen LogP contribution < -0.4 is 11.1 Å². The molecule has 2 saturated carbocycles. The predicted octanol–water partition coefficient (Wildman–Crippen LogP) is 2.71. The maximum atomic E-state index is 12.6. The monoisotopic (exact) mass is 420 g/mol. The van der Waals surface area contributed by atoms with Crippen LogP contribution in [0.15, 0.2) is 4.34 Å². The summed E-state index contributed by atoms with van der Waals surface area (Å²) in [7, 11) is 0. The van der Waals surface area contributed by atoms with Crippen LogP contribution in [0.4, 0.5) is 5.13 Å². The molecule has 1 aromatic rings. The van der Waals surface area contributed by atoms with Gasteiger partial charge in [0.15, 0.2) is 4.34 Å². The number of halogens is 1. The quantitative estimate of drug-likeness (QED) is 0.413. The van der Waals surface area contributed by atoms with Crippen molar-refractivity contribution in [3.05, 3.63) is 0 Å². The highest BCUT2D eigenvalue weighted by molar-refractivity contribution is 8.01. The van der Waals surface area contributed by atoms with Crippen LogP contribution in [0, 0.1) is 17.8 Å². The molecule has 10 heteroatoms. The zero-order valence-corrected chi connectivity index (χ0v) is 17.1. The van der Waals surface area contributed by atoms with Gasteiger partial charge in [-0.25, -0.2) is 0 Å². The Morgan fingerprint density at radius 2 is 2.00 bits per heavy atom. The minimum Gasteiger partial charge on any atom is -0.465 e. The van der Waals surface area contributed by atoms with Gasteiger partial charge in [0.05, 0.1) is 12.4 Å². The van der Waals surface area contributed by atoms with Gasteiger partial charge >= 0.3 is 5.97 Å². The average molecular weight is 421 g/mol. The number of fused-ring (bicyclic) bond motifs is 2. The molecule has 2 fully saturated rings. The van der Waals surface area contributed by atoms with Crippen molar-refractivity contribution in [2.75, 3.05) is 17.7 Å². The number of ether oxygens (including phenoxy) is 1. The van der Waals surface area contributed by atoms with Crippen molar-refractivity contribution < 1.29 is 14.3 Å². The molecule has 3 N–H and O–H groups in total. The van der Waals surface area contributed by atoms with Gasteiger partial charge in [-0.15, -0.1) is 22.6 Å². The van der Waals surface area contributed by atoms with E-state index in [9.17, 15) is 9.59 Å². The number of hydrogen-bond acceptors (Lipinski definition) is 8. The van der Waals surface area contributed by atoms with Gasteiger partial charge in [0.2, 0.25) is 11.0 Å². The van der Waals surface area contributed by atoms with Gasteiger partial charge in [-0.1, -0.05) is 29.5 Å². The van der Waals surface area contributed by atoms with Gasteiger partial charge in [-0.2, -0.15) is 0 Å². The van der Waals surface area contributed by atoms with Crippen LogP contribution in [0.2, 0.25) is 0 Å². The molecule has 2 aliphatic rings. The lowest BCUT2D eigenvalue weighted by Crippen LogP contribution is -2.48. The summed E-state index contributed by atoms with van der Waals surface area (Å²) in [5.74, 6) is 0.872. The summed E-state index contributed by atoms with van der Waals surface area (Å²) >= 11 is 2.55. The molecule has 3 rings (SSSR count). The third-order valence-electron chi connectivity index (χ3n) is 5.04. The fourth-order valence-corrected chi connectivity index (χ4v) is 5.41. The Bertz CT molecular complexity index is 616. The lowest BCUT2D eigenvalue weighted by atomic mass is 9.65. The number of carbonyl (C=O) groups is 2. The normalized spacial score (nSPS) is 27.3. The molecule has 0 aliphatic heterocycles. The number of nitrogens with zero attached hydrogens (tertiary/aromatic N) is 2. The largest absolute Gasteiger partial charge is 0.465 e. The Balaban J connectivity index is 0.00000243. The predicted molar refractivity (Wildman–Crippen MR) is 105 cm³/mol. The molecule has 0 radical (unpaired) electrons. The third-order valence-corrected chi connectivity index (χ3v) is 6.98. The van der Waals surface area contributed by atoms with Crippen LogP contribution in [-0.4, -0.2) is 40.5 Å². The van der Waals surface area contributed by atoms with E-state index in [0.717, 1.165) is 25.7 Å². The molecule has 0 saturated heterocycles. The third kappa shape index (κ3) is 5.31. The van der Waals surface area contributed by atoms with Crippen molar-refractivity contribution in [1.29, 1.82) is 0 Å². The van der Waals surface area contributed by atoms with E-state index in [1.807, 2.05) is 0 Å². The van der Waals surface area contributed by atoms with E-state index in [2.05, 4.69) is 15.5 Å². The molecular weight excluding hydrogens is 396 g/mol. The maximum Gasteiger partial charge on any atom is 0.316 e. The van der Waals surface area contributed by atoms with Crippen molar-refractivity contribution in [1.82, 2.24) is 10.2 Å². The first-order valence-electron chi connectivity index (χ1n) is 8.75. The SMILES string of the molecule is CCOC(=O)CSc1nnc(NC(=O)C2CC3CCCC(C2)C3N)s1.Cl. The molecule has 2 atom stereocenters. The summed E-state index contributed by atoms with van der Waals surface area (Å²) in [5.41, 5.74) is 6.29. The molecule has 2 aliphatic carbocycles. The Hall–Kier alpha value is -0.900. The topological polar surface area (TPSA) is 107 Å². The summed E-state index contributed by atoms with van der Waals surface area (Å²) in [4.78, 5) is 23.9. The molecule has 26 heavy (non-hydrogen) atoms. The van der Waals surface area contributed by atoms with E-state index in [4.69, 9.17) is 10.5 Å². The first-order chi connectivity index (χ1) is 12.1. The van der Waals surface area contributed by atoms with Gasteiger partial charge in [-0.3, -0.25) is 9.59 Å². The van der Waals surface area contributed by atoms with Crippen LogP contribution in [-0.2, 0) is 14.3 Å². The number of thioether (sulfide) groups is 1. The lowest BCUT2D eigenvalue weighted by molar-refractivity contribution is -0.139. The zero-order chi connectivity index (χ0) is 17.8. The zero-order valence-electron chi connectivity index (χ0n) is 14.7. The molecule has 2 bridgehead atoms. The fraction of sp³-hybridized carbons (Fsp3) is 0.750. The Kier molecular flexibility index (Phi) is 8.12. The Labute approximate surface area is 167 Å². The first-order valence-corrected chi connectivity index (χ1v) is 10.6. The molecule has 1 heterocycles. The minimum atomic E-state index is -0.279. The van der Waals surface area contributed by atoms with Gasteiger partial charge in [0.25, 0.3) is 0 Å². The van der Waals surface area contributed by atoms with Crippen molar-refractivity contribution in [2.24, 2.45) is 23.5 Å². The molecule has 1 aromatic heterocycles. The summed E-state index contributed by atoms with van der Waals surface area (Å²) in [6.07, 6.45) is 5.23. The van der Waals surface area contributed by atoms with Gasteiger partial charge in [0.1, 0.15) is 0 Å². The van der Waals surface area contributed by atoms with Gasteiger partial charge in [0, 0.05) is 12.0 Å². The van der Waals surface area contributed by atoms with Crippen molar-refractivity contribution in [3.8, 4) is 0 Å². The number of nitrogens with one attached hydrogen (secondary N) is 1. The highest BCUT2D eigenvalue weighted by atomic mass is 35.5. The lowest BCUT2D eigenvalue weighted by Gasteiger charge is -2.43. The molecule has 1 amide bonds. The van der Waals surface area contributed by atoms with E-state index < -0.39 is 0 Å². The van der Waals surface area contributed by atoms with Crippen molar-refractivity contribution in [2.45, 2.75) is 49.4 Å². The van der Waals surface area contributed by atoms with E-state index in [1.54, 1.807) is 6.92 Å². The second-order valence-electron chi connectivity index (χ2n) is 6.65. The molecule has 146 valence electrons. The molecule has 0 aromatic carbocycles. The highest BCUT2D eigenvalue weighted by Crippen LogP contribution is 2.42. The second kappa shape index (κ2) is 9.87. The smallest absolute Gasteiger partial charge is 0.316 e. The maximum absolute atomic E-state index is 12.6. The van der Waals surface area contributed by atoms with Crippen LogP contribution >= 0.6 is 35.5 Å². The van der Waals surface area contributed by atoms with Crippen molar-refractivity contribution >= 4 is 52.5 Å². The highest BCUT2D eigenvalue weighted by Gasteiger charge is 2.40. The first kappa shape index (κ1) is 21.4. The van der Waals surface area contributed by atoms with E-state index in [-0.39, 0.29) is 42.0 Å². The molecule has 7 nitrogen and oxygen atoms in total. The molecule has 2 unspecified atom stereocenters. The number of esters is 1. The van der Waals surface area contributed by atoms with Crippen LogP contribution in [0.3, 0.4) is 0 Å². The standard InChI is InChI=1S/C16H24N4O3S2.ClH/c1-2-23-12(21)8-24-16-20-19-15(25-16)18-14(22)11-6-9-4-3-5-10(7-11)13(9)17;/h9-11,13H,2-8,17H2,1H3,(H,18,19,22);1H. The molecular formula is C16H25ClN4O3S2. The number of amides is 1. The van der Waals surface area contributed by atoms with Crippen LogP contribution in [0.5, 0.6) is 0 Å². The van der Waals surface area contributed by atoms with Crippen LogP contribution in [0.1, 0.15) is 39.0 Å². The number of nitrogens with two attached hydrogens (primary N) is 1. The summed E-state index contributed by atoms with van der Waals surface area (Å²) < 4.78 is 5.52. The van der Waals surface area contributed by atoms with Gasteiger partial charge < -0.3 is 15.8 Å². The van der Waals surface area contributed by atoms with Crippen molar-refractivity contribution in [3.63, 3.8) is 0 Å². The number of hydrogen-bond donors (Lipinski definition) is 2. The summed E-state index contributed by atoms with van der Waals surface area (Å²) in [6, 6.07) is 0.255. The number of aromatic nitrogens is 2. The number of rotatable bonds is 6. The van der Waals surface area contributed by atoms with Crippen LogP contribution in [0.25, 0.3) is 0 Å². The number of anilines is 1. The molecule has 0 spiro atoms. The second-order valence-corrected chi connectivity index (χ2v) is 8.85. The Morgan fingerprint density at radius 3 is 2.65 bits per heavy atom. The average Bonchev–Trinajstić information content (AvgIpc) is 3.00. The van der Waals surface area contributed by atoms with Gasteiger partial charge in [-0.05, 0) is 44.4 Å². The number of carbonyl (C=O) groups excluding carboxylic acids is 2. The summed E-state index contributed by atoms with van der Waals surface area (Å²) in [6.45, 7) is 2.14. The minimum absolute atomic E-state index is 0. The Morgan fingerprint density at radius 1 is 1.31 bits per heavy atom. The fourth-order valence-electron chi connectivity index (χ4n) is 3.85. The van der Waals surface area contributed by atoms with E-state index >= 15 is 0 Å². The summed E-state index contributed by atoms with van der Waals surface area (Å²) in [5, 5.41) is 11.4. The van der Waals surface area contributed by atoms with E-state index in [0.29, 0.717) is 27.9 Å².